The van der Waals surface area contributed by atoms with Crippen molar-refractivity contribution in [3.05, 3.63) is 21.9 Å². The highest BCUT2D eigenvalue weighted by Gasteiger charge is 2.28. The molecule has 0 unspecified atom stereocenters. The quantitative estimate of drug-likeness (QED) is 0.788. The van der Waals surface area contributed by atoms with Gasteiger partial charge in [0, 0.05) is 18.0 Å². The summed E-state index contributed by atoms with van der Waals surface area (Å²) in [5.41, 5.74) is 1.30. The molecule has 0 aliphatic carbocycles. The molecular formula is C17H24N2O3S. The Balaban J connectivity index is 1.46. The molecule has 2 aliphatic heterocycles. The van der Waals surface area contributed by atoms with Gasteiger partial charge >= 0.3 is 5.97 Å². The Hall–Kier alpha value is -1.40. The molecule has 2 aliphatic rings. The van der Waals surface area contributed by atoms with Crippen molar-refractivity contribution in [2.24, 2.45) is 5.92 Å². The summed E-state index contributed by atoms with van der Waals surface area (Å²) in [6.07, 6.45) is 2.56. The number of fused-ring (bicyclic) bond motifs is 1. The van der Waals surface area contributed by atoms with Crippen LogP contribution in [-0.4, -0.2) is 54.5 Å². The summed E-state index contributed by atoms with van der Waals surface area (Å²) in [5, 5.41) is 2.11. The van der Waals surface area contributed by atoms with E-state index < -0.39 is 0 Å². The summed E-state index contributed by atoms with van der Waals surface area (Å²) in [6, 6.07) is 2.13. The van der Waals surface area contributed by atoms with E-state index in [0.717, 1.165) is 45.4 Å². The summed E-state index contributed by atoms with van der Waals surface area (Å²) in [4.78, 5) is 29.8. The van der Waals surface area contributed by atoms with Crippen LogP contribution in [0.3, 0.4) is 0 Å². The first kappa shape index (κ1) is 16.5. The van der Waals surface area contributed by atoms with Gasteiger partial charge < -0.3 is 9.64 Å². The van der Waals surface area contributed by atoms with Gasteiger partial charge in [-0.25, -0.2) is 0 Å². The molecule has 3 heterocycles. The van der Waals surface area contributed by atoms with Crippen LogP contribution in [0, 0.1) is 5.92 Å². The van der Waals surface area contributed by atoms with Gasteiger partial charge in [-0.3, -0.25) is 14.5 Å². The van der Waals surface area contributed by atoms with Crippen molar-refractivity contribution in [3.63, 3.8) is 0 Å². The fourth-order valence-electron chi connectivity index (χ4n) is 3.34. The first-order valence-corrected chi connectivity index (χ1v) is 9.27. The number of ether oxygens (including phenoxy) is 1. The summed E-state index contributed by atoms with van der Waals surface area (Å²) >= 11 is 1.79. The molecule has 0 N–H and O–H groups in total. The van der Waals surface area contributed by atoms with Gasteiger partial charge in [-0.05, 0) is 56.3 Å². The van der Waals surface area contributed by atoms with Crippen molar-refractivity contribution in [2.75, 3.05) is 32.8 Å². The van der Waals surface area contributed by atoms with Crippen molar-refractivity contribution in [1.29, 1.82) is 0 Å². The Kier molecular flexibility index (Phi) is 5.33. The maximum atomic E-state index is 12.5. The standard InChI is InChI=1S/C17H24N2O3S/c1-2-22-17(21)13-3-7-18(8-4-13)12-16(20)19-9-5-15-14(11-19)6-10-23-15/h6,10,13H,2-5,7-9,11-12H2,1H3. The molecular weight excluding hydrogens is 312 g/mol. The number of carbonyl (C=O) groups excluding carboxylic acids is 2. The van der Waals surface area contributed by atoms with E-state index in [9.17, 15) is 9.59 Å². The Labute approximate surface area is 141 Å². The van der Waals surface area contributed by atoms with Crippen LogP contribution in [0.4, 0.5) is 0 Å². The molecule has 0 aromatic carbocycles. The fourth-order valence-corrected chi connectivity index (χ4v) is 4.23. The molecule has 1 saturated heterocycles. The predicted molar refractivity (Wildman–Crippen MR) is 89.2 cm³/mol. The zero-order valence-electron chi connectivity index (χ0n) is 13.6. The number of rotatable bonds is 4. The minimum atomic E-state index is -0.0838. The first-order chi connectivity index (χ1) is 11.2. The SMILES string of the molecule is CCOC(=O)C1CCN(CC(=O)N2CCc3sccc3C2)CC1. The van der Waals surface area contributed by atoms with E-state index in [2.05, 4.69) is 16.3 Å². The third kappa shape index (κ3) is 3.93. The highest BCUT2D eigenvalue weighted by atomic mass is 32.1. The Morgan fingerprint density at radius 1 is 1.30 bits per heavy atom. The third-order valence-corrected chi connectivity index (χ3v) is 5.75. The molecule has 6 heteroatoms. The van der Waals surface area contributed by atoms with Crippen LogP contribution in [0.5, 0.6) is 0 Å². The second kappa shape index (κ2) is 7.45. The largest absolute Gasteiger partial charge is 0.466 e. The van der Waals surface area contributed by atoms with Crippen LogP contribution < -0.4 is 0 Å². The lowest BCUT2D eigenvalue weighted by Crippen LogP contribution is -2.45. The monoisotopic (exact) mass is 336 g/mol. The number of nitrogens with zero attached hydrogens (tertiary/aromatic N) is 2. The molecule has 5 nitrogen and oxygen atoms in total. The predicted octanol–water partition coefficient (Wildman–Crippen LogP) is 1.91. The molecule has 3 rings (SSSR count). The molecule has 1 amide bonds. The van der Waals surface area contributed by atoms with Gasteiger partial charge in [0.15, 0.2) is 0 Å². The van der Waals surface area contributed by atoms with Crippen molar-refractivity contribution in [1.82, 2.24) is 9.80 Å². The van der Waals surface area contributed by atoms with Gasteiger partial charge in [-0.15, -0.1) is 11.3 Å². The number of carbonyl (C=O) groups is 2. The van der Waals surface area contributed by atoms with Crippen LogP contribution in [0.1, 0.15) is 30.2 Å². The lowest BCUT2D eigenvalue weighted by molar-refractivity contribution is -0.149. The minimum absolute atomic E-state index is 0.00431. The van der Waals surface area contributed by atoms with Crippen molar-refractivity contribution < 1.29 is 14.3 Å². The van der Waals surface area contributed by atoms with Gasteiger partial charge in [-0.2, -0.15) is 0 Å². The highest BCUT2D eigenvalue weighted by Crippen LogP contribution is 2.24. The van der Waals surface area contributed by atoms with Gasteiger partial charge in [-0.1, -0.05) is 0 Å². The van der Waals surface area contributed by atoms with Crippen molar-refractivity contribution in [3.8, 4) is 0 Å². The molecule has 0 spiro atoms. The average Bonchev–Trinajstić information content (AvgIpc) is 3.03. The minimum Gasteiger partial charge on any atom is -0.466 e. The number of hydrogen-bond donors (Lipinski definition) is 0. The van der Waals surface area contributed by atoms with Crippen molar-refractivity contribution in [2.45, 2.75) is 32.7 Å². The fraction of sp³-hybridized carbons (Fsp3) is 0.647. The normalized spacial score (nSPS) is 19.4. The Morgan fingerprint density at radius 2 is 2.09 bits per heavy atom. The maximum absolute atomic E-state index is 12.5. The first-order valence-electron chi connectivity index (χ1n) is 8.39. The smallest absolute Gasteiger partial charge is 0.309 e. The Bertz CT molecular complexity index is 564. The van der Waals surface area contributed by atoms with Gasteiger partial charge in [0.2, 0.25) is 5.91 Å². The van der Waals surface area contributed by atoms with Crippen molar-refractivity contribution >= 4 is 23.2 Å². The zero-order valence-corrected chi connectivity index (χ0v) is 14.4. The lowest BCUT2D eigenvalue weighted by atomic mass is 9.97. The topological polar surface area (TPSA) is 49.9 Å². The van der Waals surface area contributed by atoms with Gasteiger partial charge in [0.1, 0.15) is 0 Å². The van der Waals surface area contributed by atoms with E-state index >= 15 is 0 Å². The summed E-state index contributed by atoms with van der Waals surface area (Å²) in [5.74, 6) is 0.126. The number of thiophene rings is 1. The van der Waals surface area contributed by atoms with E-state index in [-0.39, 0.29) is 17.8 Å². The maximum Gasteiger partial charge on any atom is 0.309 e. The lowest BCUT2D eigenvalue weighted by Gasteiger charge is -2.33. The van der Waals surface area contributed by atoms with Crippen LogP contribution in [-0.2, 0) is 27.3 Å². The number of hydrogen-bond acceptors (Lipinski definition) is 5. The van der Waals surface area contributed by atoms with E-state index in [1.165, 1.54) is 10.4 Å². The van der Waals surface area contributed by atoms with Crippen LogP contribution >= 0.6 is 11.3 Å². The highest BCUT2D eigenvalue weighted by molar-refractivity contribution is 7.10. The van der Waals surface area contributed by atoms with Crippen LogP contribution in [0.2, 0.25) is 0 Å². The molecule has 0 saturated carbocycles. The molecule has 0 atom stereocenters. The van der Waals surface area contributed by atoms with E-state index in [1.807, 2.05) is 11.8 Å². The molecule has 23 heavy (non-hydrogen) atoms. The number of esters is 1. The second-order valence-electron chi connectivity index (χ2n) is 6.24. The number of likely N-dealkylation sites (tertiary alicyclic amines) is 1. The number of piperidine rings is 1. The van der Waals surface area contributed by atoms with E-state index in [4.69, 9.17) is 4.74 Å². The zero-order chi connectivity index (χ0) is 16.2. The molecule has 0 bridgehead atoms. The summed E-state index contributed by atoms with van der Waals surface area (Å²) in [6.45, 7) is 5.91. The van der Waals surface area contributed by atoms with Gasteiger partial charge in [0.25, 0.3) is 0 Å². The Morgan fingerprint density at radius 3 is 2.83 bits per heavy atom. The van der Waals surface area contributed by atoms with Crippen LogP contribution in [0.15, 0.2) is 11.4 Å². The van der Waals surface area contributed by atoms with Crippen LogP contribution in [0.25, 0.3) is 0 Å². The average molecular weight is 336 g/mol. The number of amides is 1. The molecule has 1 aromatic heterocycles. The third-order valence-electron chi connectivity index (χ3n) is 4.73. The summed E-state index contributed by atoms with van der Waals surface area (Å²) < 4.78 is 5.09. The van der Waals surface area contributed by atoms with Gasteiger partial charge in [0.05, 0.1) is 19.1 Å². The second-order valence-corrected chi connectivity index (χ2v) is 7.24. The molecule has 126 valence electrons. The molecule has 1 aromatic rings. The van der Waals surface area contributed by atoms with E-state index in [0.29, 0.717) is 13.2 Å². The molecule has 1 fully saturated rings. The summed E-state index contributed by atoms with van der Waals surface area (Å²) in [7, 11) is 0. The molecule has 0 radical (unpaired) electrons. The van der Waals surface area contributed by atoms with E-state index in [1.54, 1.807) is 11.3 Å².